The van der Waals surface area contributed by atoms with Crippen LogP contribution in [0, 0.1) is 5.92 Å². The molecule has 3 N–H and O–H groups in total. The zero-order chi connectivity index (χ0) is 71.9. The third-order valence-electron chi connectivity index (χ3n) is 18.5. The van der Waals surface area contributed by atoms with Crippen molar-refractivity contribution in [1.82, 2.24) is 0 Å². The van der Waals surface area contributed by atoms with E-state index in [1.54, 1.807) is 0 Å². The summed E-state index contributed by atoms with van der Waals surface area (Å²) in [5, 5.41) is 10.6. The maximum absolute atomic E-state index is 13.1. The molecule has 0 aromatic heterocycles. The summed E-state index contributed by atoms with van der Waals surface area (Å²) in [6, 6.07) is 0. The molecule has 0 radical (unpaired) electrons. The highest BCUT2D eigenvalue weighted by Crippen LogP contribution is 2.45. The largest absolute Gasteiger partial charge is 0.472 e. The summed E-state index contributed by atoms with van der Waals surface area (Å²) < 4.78 is 68.6. The van der Waals surface area contributed by atoms with Gasteiger partial charge < -0.3 is 33.8 Å². The van der Waals surface area contributed by atoms with E-state index >= 15 is 0 Å². The summed E-state index contributed by atoms with van der Waals surface area (Å²) in [5.41, 5.74) is 0. The van der Waals surface area contributed by atoms with Crippen LogP contribution < -0.4 is 0 Å². The van der Waals surface area contributed by atoms with E-state index in [-0.39, 0.29) is 25.7 Å². The Morgan fingerprint density at radius 1 is 0.276 bits per heavy atom. The minimum atomic E-state index is -4.96. The van der Waals surface area contributed by atoms with Crippen LogP contribution in [0.5, 0.6) is 0 Å². The molecule has 0 saturated carbocycles. The van der Waals surface area contributed by atoms with Crippen LogP contribution in [-0.2, 0) is 65.4 Å². The first-order valence-corrected chi connectivity index (χ1v) is 44.1. The second-order valence-electron chi connectivity index (χ2n) is 28.9. The average Bonchev–Trinajstić information content (AvgIpc) is 1.03. The summed E-state index contributed by atoms with van der Waals surface area (Å²) in [6.45, 7) is 7.30. The van der Waals surface area contributed by atoms with Crippen molar-refractivity contribution in [2.24, 2.45) is 5.92 Å². The van der Waals surface area contributed by atoms with Crippen molar-refractivity contribution in [3.05, 3.63) is 0 Å². The molecule has 19 heteroatoms. The fraction of sp³-hybridized carbons (Fsp3) is 0.949. The van der Waals surface area contributed by atoms with Crippen LogP contribution in [0.2, 0.25) is 0 Å². The van der Waals surface area contributed by atoms with E-state index < -0.39 is 97.5 Å². The molecule has 0 aliphatic rings. The number of esters is 4. The van der Waals surface area contributed by atoms with Gasteiger partial charge in [-0.1, -0.05) is 369 Å². The maximum Gasteiger partial charge on any atom is 0.472 e. The number of carbonyl (C=O) groups excluding carboxylic acids is 4. The van der Waals surface area contributed by atoms with Crippen molar-refractivity contribution in [2.75, 3.05) is 39.6 Å². The zero-order valence-corrected chi connectivity index (χ0v) is 65.7. The van der Waals surface area contributed by atoms with E-state index in [4.69, 9.17) is 37.0 Å². The van der Waals surface area contributed by atoms with Crippen LogP contribution in [0.4, 0.5) is 0 Å². The van der Waals surface area contributed by atoms with Gasteiger partial charge in [0, 0.05) is 25.7 Å². The summed E-state index contributed by atoms with van der Waals surface area (Å²) in [4.78, 5) is 72.9. The SMILES string of the molecule is CCCCCCCCCCCCCCCCCCCCCCCCC(=O)O[C@H](COC(=O)CCCCCCCCCCCCCC(C)C)COP(=O)(O)OC[C@@H](O)COP(=O)(O)OC[C@@H](COC(=O)CCCCCCCCCCCC)OC(=O)CCCCCCCCCCCCCC. The number of aliphatic hydroxyl groups excluding tert-OH is 1. The molecular weight excluding hydrogens is 1280 g/mol. The first-order chi connectivity index (χ1) is 47.5. The number of phosphoric ester groups is 2. The van der Waals surface area contributed by atoms with E-state index in [2.05, 4.69) is 34.6 Å². The lowest BCUT2D eigenvalue weighted by Gasteiger charge is -2.21. The molecule has 0 spiro atoms. The number of aliphatic hydroxyl groups is 1. The van der Waals surface area contributed by atoms with Gasteiger partial charge in [0.25, 0.3) is 0 Å². The molecule has 582 valence electrons. The predicted molar refractivity (Wildman–Crippen MR) is 400 cm³/mol. The van der Waals surface area contributed by atoms with Crippen molar-refractivity contribution in [2.45, 2.75) is 438 Å². The smallest absolute Gasteiger partial charge is 0.462 e. The third kappa shape index (κ3) is 72.4. The molecule has 0 aromatic rings. The Bertz CT molecular complexity index is 1870. The molecule has 0 fully saturated rings. The Morgan fingerprint density at radius 3 is 0.694 bits per heavy atom. The van der Waals surface area contributed by atoms with E-state index in [1.807, 2.05) is 0 Å². The van der Waals surface area contributed by atoms with Crippen LogP contribution in [0.25, 0.3) is 0 Å². The van der Waals surface area contributed by atoms with Crippen molar-refractivity contribution in [3.63, 3.8) is 0 Å². The highest BCUT2D eigenvalue weighted by atomic mass is 31.2. The average molecular weight is 1440 g/mol. The summed E-state index contributed by atoms with van der Waals surface area (Å²) in [5.74, 6) is -1.34. The van der Waals surface area contributed by atoms with Crippen molar-refractivity contribution in [3.8, 4) is 0 Å². The fourth-order valence-corrected chi connectivity index (χ4v) is 13.8. The molecule has 0 rings (SSSR count). The van der Waals surface area contributed by atoms with E-state index in [0.29, 0.717) is 25.7 Å². The molecule has 5 atom stereocenters. The number of carbonyl (C=O) groups is 4. The highest BCUT2D eigenvalue weighted by molar-refractivity contribution is 7.47. The molecule has 0 aliphatic heterocycles. The Kier molecular flexibility index (Phi) is 70.6. The second-order valence-corrected chi connectivity index (χ2v) is 31.8. The van der Waals surface area contributed by atoms with Gasteiger partial charge in [-0.25, -0.2) is 9.13 Å². The van der Waals surface area contributed by atoms with Crippen molar-refractivity contribution in [1.29, 1.82) is 0 Å². The van der Waals surface area contributed by atoms with Gasteiger partial charge in [0.15, 0.2) is 12.2 Å². The molecule has 17 nitrogen and oxygen atoms in total. The molecule has 0 aliphatic carbocycles. The first kappa shape index (κ1) is 96.1. The van der Waals surface area contributed by atoms with Gasteiger partial charge in [0.2, 0.25) is 0 Å². The zero-order valence-electron chi connectivity index (χ0n) is 63.9. The van der Waals surface area contributed by atoms with Gasteiger partial charge in [0.1, 0.15) is 19.3 Å². The summed E-state index contributed by atoms with van der Waals surface area (Å²) >= 11 is 0. The van der Waals surface area contributed by atoms with Gasteiger partial charge in [0.05, 0.1) is 26.4 Å². The summed E-state index contributed by atoms with van der Waals surface area (Å²) in [7, 11) is -9.91. The van der Waals surface area contributed by atoms with Crippen molar-refractivity contribution >= 4 is 39.5 Å². The van der Waals surface area contributed by atoms with Crippen LogP contribution in [-0.4, -0.2) is 96.7 Å². The van der Waals surface area contributed by atoms with Gasteiger partial charge in [-0.15, -0.1) is 0 Å². The van der Waals surface area contributed by atoms with E-state index in [1.165, 1.54) is 244 Å². The molecule has 0 bridgehead atoms. The fourth-order valence-electron chi connectivity index (χ4n) is 12.2. The van der Waals surface area contributed by atoms with Crippen LogP contribution >= 0.6 is 15.6 Å². The van der Waals surface area contributed by atoms with Gasteiger partial charge in [-0.2, -0.15) is 0 Å². The summed E-state index contributed by atoms with van der Waals surface area (Å²) in [6.07, 6.45) is 62.5. The molecule has 0 saturated heterocycles. The quantitative estimate of drug-likeness (QED) is 0.0222. The molecule has 98 heavy (non-hydrogen) atoms. The van der Waals surface area contributed by atoms with Crippen LogP contribution in [0.1, 0.15) is 420 Å². The Morgan fingerprint density at radius 2 is 0.469 bits per heavy atom. The third-order valence-corrected chi connectivity index (χ3v) is 20.4. The Labute approximate surface area is 600 Å². The van der Waals surface area contributed by atoms with Gasteiger partial charge >= 0.3 is 39.5 Å². The Balaban J connectivity index is 5.19. The number of ether oxygens (including phenoxy) is 4. The lowest BCUT2D eigenvalue weighted by Crippen LogP contribution is -2.30. The number of rotatable bonds is 79. The number of phosphoric acid groups is 2. The topological polar surface area (TPSA) is 237 Å². The van der Waals surface area contributed by atoms with Crippen LogP contribution in [0.15, 0.2) is 0 Å². The monoisotopic (exact) mass is 1440 g/mol. The highest BCUT2D eigenvalue weighted by Gasteiger charge is 2.30. The lowest BCUT2D eigenvalue weighted by atomic mass is 10.0. The number of hydrogen-bond acceptors (Lipinski definition) is 15. The second kappa shape index (κ2) is 72.0. The number of unbranched alkanes of at least 4 members (excludes halogenated alkanes) is 51. The molecule has 2 unspecified atom stereocenters. The van der Waals surface area contributed by atoms with E-state index in [9.17, 15) is 43.2 Å². The Hall–Kier alpha value is -1.94. The molecule has 0 heterocycles. The normalized spacial score (nSPS) is 13.9. The molecule has 0 aromatic carbocycles. The van der Waals surface area contributed by atoms with Crippen molar-refractivity contribution < 1.29 is 80.2 Å². The first-order valence-electron chi connectivity index (χ1n) is 41.1. The van der Waals surface area contributed by atoms with E-state index in [0.717, 1.165) is 95.8 Å². The predicted octanol–water partition coefficient (Wildman–Crippen LogP) is 23.6. The number of hydrogen-bond donors (Lipinski definition) is 3. The van der Waals surface area contributed by atoms with Gasteiger partial charge in [-0.3, -0.25) is 37.3 Å². The standard InChI is InChI=1S/C79H154O17P2/c1-6-9-12-15-18-21-24-26-27-28-29-30-31-32-33-34-35-39-45-50-55-60-65-79(84)96-75(69-90-77(82)63-58-53-48-43-40-36-37-41-46-51-56-61-72(4)5)71-94-98(87,88)92-67-73(80)66-91-97(85,86)93-70-74(68-89-76(81)62-57-52-47-42-23-20-17-14-11-8-3)95-78(83)64-59-54-49-44-38-25-22-19-16-13-10-7-2/h72-75,80H,6-71H2,1-5H3,(H,85,86)(H,87,88)/t73-,74+,75+/m0/s1. The molecule has 0 amide bonds. The maximum atomic E-state index is 13.1. The minimum Gasteiger partial charge on any atom is -0.462 e. The van der Waals surface area contributed by atoms with Crippen LogP contribution in [0.3, 0.4) is 0 Å². The van der Waals surface area contributed by atoms with Gasteiger partial charge in [-0.05, 0) is 31.6 Å². The minimum absolute atomic E-state index is 0.108. The molecular formula is C79H154O17P2. The lowest BCUT2D eigenvalue weighted by molar-refractivity contribution is -0.161.